The third kappa shape index (κ3) is 5.29. The van der Waals surface area contributed by atoms with Crippen LogP contribution in [0.5, 0.6) is 0 Å². The van der Waals surface area contributed by atoms with E-state index in [0.29, 0.717) is 16.2 Å². The first kappa shape index (κ1) is 18.9. The second kappa shape index (κ2) is 8.66. The zero-order valence-corrected chi connectivity index (χ0v) is 15.2. The van der Waals surface area contributed by atoms with E-state index in [2.05, 4.69) is 5.32 Å². The molecule has 3 N–H and O–H groups in total. The largest absolute Gasteiger partial charge is 0.349 e. The quantitative estimate of drug-likeness (QED) is 0.308. The Labute approximate surface area is 162 Å². The predicted molar refractivity (Wildman–Crippen MR) is 106 cm³/mol. The molecule has 0 aliphatic heterocycles. The summed E-state index contributed by atoms with van der Waals surface area (Å²) >= 11 is 6.30. The number of carbonyl (C=O) groups is 2. The molecule has 0 aromatic heterocycles. The molecule has 1 fully saturated rings. The number of hydroxylamine groups is 1. The summed E-state index contributed by atoms with van der Waals surface area (Å²) in [5.74, 6) is -0.745. The van der Waals surface area contributed by atoms with Crippen LogP contribution in [0.25, 0.3) is 17.7 Å². The lowest BCUT2D eigenvalue weighted by molar-refractivity contribution is -0.124. The summed E-state index contributed by atoms with van der Waals surface area (Å²) in [5, 5.41) is 12.0. The van der Waals surface area contributed by atoms with E-state index < -0.39 is 5.91 Å². The van der Waals surface area contributed by atoms with Crippen molar-refractivity contribution in [3.05, 3.63) is 76.3 Å². The standard InChI is InChI=1S/C21H19ClN2O3/c22-19-4-2-1-3-17(19)18(21(26)23-16-10-11-16)13-15-7-5-14(6-8-15)9-12-20(25)24-27/h1-9,12-13,16,27H,10-11H2,(H,23,26)(H,24,25)/b12-9+,18-13?. The summed E-state index contributed by atoms with van der Waals surface area (Å²) in [6.07, 6.45) is 6.61. The molecule has 138 valence electrons. The second-order valence-corrected chi connectivity index (χ2v) is 6.67. The van der Waals surface area contributed by atoms with Crippen molar-refractivity contribution in [3.63, 3.8) is 0 Å². The van der Waals surface area contributed by atoms with Crippen molar-refractivity contribution in [2.45, 2.75) is 18.9 Å². The van der Waals surface area contributed by atoms with Gasteiger partial charge < -0.3 is 5.32 Å². The summed E-state index contributed by atoms with van der Waals surface area (Å²) in [6, 6.07) is 14.8. The molecule has 2 aromatic rings. The topological polar surface area (TPSA) is 78.4 Å². The lowest BCUT2D eigenvalue weighted by atomic mass is 10.0. The highest BCUT2D eigenvalue weighted by atomic mass is 35.5. The SMILES string of the molecule is O=C(/C=C/c1ccc(C=C(C(=O)NC2CC2)c2ccccc2Cl)cc1)NO. The Bertz CT molecular complexity index is 900. The van der Waals surface area contributed by atoms with Gasteiger partial charge in [0.25, 0.3) is 11.8 Å². The van der Waals surface area contributed by atoms with Gasteiger partial charge in [-0.1, -0.05) is 54.1 Å². The van der Waals surface area contributed by atoms with Gasteiger partial charge in [-0.3, -0.25) is 14.8 Å². The van der Waals surface area contributed by atoms with Crippen LogP contribution in [-0.2, 0) is 9.59 Å². The van der Waals surface area contributed by atoms with Gasteiger partial charge in [0.05, 0.1) is 0 Å². The van der Waals surface area contributed by atoms with Gasteiger partial charge in [0.1, 0.15) is 0 Å². The van der Waals surface area contributed by atoms with Crippen molar-refractivity contribution >= 4 is 41.1 Å². The van der Waals surface area contributed by atoms with Crippen molar-refractivity contribution in [2.75, 3.05) is 0 Å². The van der Waals surface area contributed by atoms with Crippen LogP contribution in [0.3, 0.4) is 0 Å². The molecule has 5 nitrogen and oxygen atoms in total. The van der Waals surface area contributed by atoms with E-state index in [4.69, 9.17) is 16.8 Å². The third-order valence-electron chi connectivity index (χ3n) is 4.11. The number of nitrogens with one attached hydrogen (secondary N) is 2. The molecular weight excluding hydrogens is 364 g/mol. The number of halogens is 1. The molecule has 2 aromatic carbocycles. The highest BCUT2D eigenvalue weighted by molar-refractivity contribution is 6.36. The molecular formula is C21H19ClN2O3. The maximum atomic E-state index is 12.7. The van der Waals surface area contributed by atoms with Crippen LogP contribution in [0.2, 0.25) is 5.02 Å². The number of rotatable bonds is 6. The van der Waals surface area contributed by atoms with E-state index in [0.717, 1.165) is 24.0 Å². The molecule has 3 rings (SSSR count). The predicted octanol–water partition coefficient (Wildman–Crippen LogP) is 3.68. The summed E-state index contributed by atoms with van der Waals surface area (Å²) in [5.41, 5.74) is 4.35. The number of benzene rings is 2. The second-order valence-electron chi connectivity index (χ2n) is 6.26. The number of hydrogen-bond acceptors (Lipinski definition) is 3. The summed E-state index contributed by atoms with van der Waals surface area (Å²) in [4.78, 5) is 23.8. The number of carbonyl (C=O) groups excluding carboxylic acids is 2. The van der Waals surface area contributed by atoms with Crippen LogP contribution in [0, 0.1) is 0 Å². The average Bonchev–Trinajstić information content (AvgIpc) is 3.49. The number of hydrogen-bond donors (Lipinski definition) is 3. The van der Waals surface area contributed by atoms with E-state index in [-0.39, 0.29) is 11.9 Å². The monoisotopic (exact) mass is 382 g/mol. The molecule has 0 heterocycles. The first-order chi connectivity index (χ1) is 13.1. The van der Waals surface area contributed by atoms with E-state index in [1.54, 1.807) is 18.2 Å². The van der Waals surface area contributed by atoms with Crippen LogP contribution in [0.1, 0.15) is 29.5 Å². The average molecular weight is 383 g/mol. The summed E-state index contributed by atoms with van der Waals surface area (Å²) in [6.45, 7) is 0. The Morgan fingerprint density at radius 3 is 2.33 bits per heavy atom. The fraction of sp³-hybridized carbons (Fsp3) is 0.143. The van der Waals surface area contributed by atoms with Crippen LogP contribution in [-0.4, -0.2) is 23.1 Å². The molecule has 0 saturated heterocycles. The van der Waals surface area contributed by atoms with Gasteiger partial charge in [-0.25, -0.2) is 5.48 Å². The van der Waals surface area contributed by atoms with Gasteiger partial charge in [-0.2, -0.15) is 0 Å². The Hall–Kier alpha value is -2.89. The van der Waals surface area contributed by atoms with Crippen LogP contribution in [0.15, 0.2) is 54.6 Å². The molecule has 6 heteroatoms. The first-order valence-corrected chi connectivity index (χ1v) is 8.94. The highest BCUT2D eigenvalue weighted by Gasteiger charge is 2.25. The van der Waals surface area contributed by atoms with E-state index in [9.17, 15) is 9.59 Å². The van der Waals surface area contributed by atoms with Gasteiger partial charge in [0.2, 0.25) is 0 Å². The Morgan fingerprint density at radius 1 is 1.04 bits per heavy atom. The molecule has 0 bridgehead atoms. The Morgan fingerprint density at radius 2 is 1.70 bits per heavy atom. The molecule has 1 aliphatic carbocycles. The van der Waals surface area contributed by atoms with Crippen molar-refractivity contribution in [1.82, 2.24) is 10.8 Å². The molecule has 1 aliphatic rings. The molecule has 2 amide bonds. The lowest BCUT2D eigenvalue weighted by Crippen LogP contribution is -2.26. The van der Waals surface area contributed by atoms with E-state index >= 15 is 0 Å². The van der Waals surface area contributed by atoms with Gasteiger partial charge in [-0.05, 0) is 42.2 Å². The third-order valence-corrected chi connectivity index (χ3v) is 4.44. The zero-order chi connectivity index (χ0) is 19.2. The first-order valence-electron chi connectivity index (χ1n) is 8.56. The fourth-order valence-corrected chi connectivity index (χ4v) is 2.75. The van der Waals surface area contributed by atoms with Crippen LogP contribution in [0.4, 0.5) is 0 Å². The van der Waals surface area contributed by atoms with Gasteiger partial charge in [0.15, 0.2) is 0 Å². The molecule has 0 atom stereocenters. The van der Waals surface area contributed by atoms with Gasteiger partial charge in [-0.15, -0.1) is 0 Å². The van der Waals surface area contributed by atoms with Crippen LogP contribution < -0.4 is 10.8 Å². The van der Waals surface area contributed by atoms with Crippen molar-refractivity contribution in [3.8, 4) is 0 Å². The normalized spacial score (nSPS) is 14.2. The zero-order valence-electron chi connectivity index (χ0n) is 14.5. The molecule has 0 spiro atoms. The van der Waals surface area contributed by atoms with E-state index in [1.807, 2.05) is 42.5 Å². The van der Waals surface area contributed by atoms with Crippen molar-refractivity contribution in [2.24, 2.45) is 0 Å². The summed E-state index contributed by atoms with van der Waals surface area (Å²) < 4.78 is 0. The maximum absolute atomic E-state index is 12.7. The fourth-order valence-electron chi connectivity index (χ4n) is 2.52. The van der Waals surface area contributed by atoms with E-state index in [1.165, 1.54) is 11.6 Å². The lowest BCUT2D eigenvalue weighted by Gasteiger charge is -2.11. The van der Waals surface area contributed by atoms with Crippen LogP contribution >= 0.6 is 11.6 Å². The molecule has 1 saturated carbocycles. The van der Waals surface area contributed by atoms with Gasteiger partial charge in [0, 0.05) is 28.3 Å². The molecule has 27 heavy (non-hydrogen) atoms. The molecule has 0 unspecified atom stereocenters. The Kier molecular flexibility index (Phi) is 6.06. The van der Waals surface area contributed by atoms with Crippen molar-refractivity contribution in [1.29, 1.82) is 0 Å². The van der Waals surface area contributed by atoms with Gasteiger partial charge >= 0.3 is 0 Å². The van der Waals surface area contributed by atoms with Crippen molar-refractivity contribution < 1.29 is 14.8 Å². The number of amides is 2. The highest BCUT2D eigenvalue weighted by Crippen LogP contribution is 2.28. The smallest absolute Gasteiger partial charge is 0.267 e. The molecule has 0 radical (unpaired) electrons. The minimum Gasteiger partial charge on any atom is -0.349 e. The Balaban J connectivity index is 1.88. The maximum Gasteiger partial charge on any atom is 0.267 e. The minimum absolute atomic E-state index is 0.144. The minimum atomic E-state index is -0.600. The summed E-state index contributed by atoms with van der Waals surface area (Å²) in [7, 11) is 0.